The van der Waals surface area contributed by atoms with E-state index in [-0.39, 0.29) is 11.8 Å². The monoisotopic (exact) mass is 424 g/mol. The van der Waals surface area contributed by atoms with Gasteiger partial charge in [0, 0.05) is 38.5 Å². The minimum atomic E-state index is -0.0854. The van der Waals surface area contributed by atoms with Crippen molar-refractivity contribution < 1.29 is 9.59 Å². The summed E-state index contributed by atoms with van der Waals surface area (Å²) in [6.07, 6.45) is 1.99. The Hall–Kier alpha value is -2.50. The summed E-state index contributed by atoms with van der Waals surface area (Å²) in [5, 5.41) is 5.51. The predicted molar refractivity (Wildman–Crippen MR) is 121 cm³/mol. The van der Waals surface area contributed by atoms with Crippen LogP contribution < -0.4 is 10.2 Å². The van der Waals surface area contributed by atoms with Gasteiger partial charge in [0.15, 0.2) is 0 Å². The first-order valence-electron chi connectivity index (χ1n) is 9.64. The number of benzene rings is 3. The van der Waals surface area contributed by atoms with Crippen molar-refractivity contribution in [2.75, 3.05) is 22.5 Å². The fraction of sp³-hybridized carbons (Fsp3) is 0.217. The first-order chi connectivity index (χ1) is 14.1. The van der Waals surface area contributed by atoms with Crippen molar-refractivity contribution in [2.24, 2.45) is 0 Å². The summed E-state index contributed by atoms with van der Waals surface area (Å²) in [5.74, 6) is 0.255. The summed E-state index contributed by atoms with van der Waals surface area (Å²) in [5.41, 5.74) is 2.38. The summed E-state index contributed by atoms with van der Waals surface area (Å²) in [4.78, 5) is 28.2. The van der Waals surface area contributed by atoms with Crippen molar-refractivity contribution in [3.63, 3.8) is 0 Å². The van der Waals surface area contributed by atoms with Crippen LogP contribution in [0, 0.1) is 0 Å². The third-order valence-electron chi connectivity index (χ3n) is 4.98. The highest BCUT2D eigenvalue weighted by Crippen LogP contribution is 2.40. The Kier molecular flexibility index (Phi) is 5.79. The number of anilines is 2. The molecule has 0 radical (unpaired) electrons. The van der Waals surface area contributed by atoms with Crippen LogP contribution in [0.15, 0.2) is 59.5 Å². The number of carbonyl (C=O) groups is 2. The molecule has 0 atom stereocenters. The fourth-order valence-corrected chi connectivity index (χ4v) is 4.38. The molecule has 0 spiro atoms. The van der Waals surface area contributed by atoms with Crippen molar-refractivity contribution >= 4 is 57.3 Å². The summed E-state index contributed by atoms with van der Waals surface area (Å²) in [6, 6.07) is 17.0. The standard InChI is InChI=1S/C23H21ClN2O2S/c1-2-3-13-26-20-12-11-19(17-5-4-6-18(22(17)20)23(26)28)25-21(27)14-29-16-9-7-15(24)8-10-16/h4-12H,2-3,13-14H2,1H3,(H,25,27). The maximum absolute atomic E-state index is 12.8. The molecular weight excluding hydrogens is 404 g/mol. The fourth-order valence-electron chi connectivity index (χ4n) is 3.56. The lowest BCUT2D eigenvalue weighted by molar-refractivity contribution is -0.113. The number of nitrogens with one attached hydrogen (secondary N) is 1. The second-order valence-electron chi connectivity index (χ2n) is 6.96. The maximum Gasteiger partial charge on any atom is 0.258 e. The Labute approximate surface area is 179 Å². The molecule has 1 aliphatic heterocycles. The molecule has 0 bridgehead atoms. The quantitative estimate of drug-likeness (QED) is 0.474. The van der Waals surface area contributed by atoms with Gasteiger partial charge in [-0.15, -0.1) is 11.8 Å². The molecule has 0 saturated heterocycles. The van der Waals surface area contributed by atoms with E-state index in [1.807, 2.05) is 59.5 Å². The first-order valence-corrected chi connectivity index (χ1v) is 11.0. The number of hydrogen-bond acceptors (Lipinski definition) is 3. The Morgan fingerprint density at radius 2 is 1.90 bits per heavy atom. The van der Waals surface area contributed by atoms with Crippen LogP contribution in [0.4, 0.5) is 11.4 Å². The molecule has 1 N–H and O–H groups in total. The molecule has 0 unspecified atom stereocenters. The zero-order valence-corrected chi connectivity index (χ0v) is 17.6. The SMILES string of the molecule is CCCCN1C(=O)c2cccc3c(NC(=O)CSc4ccc(Cl)cc4)ccc1c23. The molecule has 1 aliphatic rings. The predicted octanol–water partition coefficient (Wildman–Crippen LogP) is 5.98. The van der Waals surface area contributed by atoms with Crippen LogP contribution in [0.3, 0.4) is 0 Å². The van der Waals surface area contributed by atoms with Gasteiger partial charge in [-0.05, 0) is 48.9 Å². The molecule has 0 aliphatic carbocycles. The zero-order valence-electron chi connectivity index (χ0n) is 16.1. The van der Waals surface area contributed by atoms with E-state index in [0.717, 1.165) is 39.9 Å². The molecule has 6 heteroatoms. The second kappa shape index (κ2) is 8.47. The van der Waals surface area contributed by atoms with E-state index < -0.39 is 0 Å². The maximum atomic E-state index is 12.8. The van der Waals surface area contributed by atoms with Gasteiger partial charge in [-0.25, -0.2) is 0 Å². The minimum absolute atomic E-state index is 0.0424. The van der Waals surface area contributed by atoms with E-state index in [1.165, 1.54) is 11.8 Å². The summed E-state index contributed by atoms with van der Waals surface area (Å²) in [7, 11) is 0. The Morgan fingerprint density at radius 1 is 1.10 bits per heavy atom. The Morgan fingerprint density at radius 3 is 2.66 bits per heavy atom. The highest BCUT2D eigenvalue weighted by Gasteiger charge is 2.30. The molecule has 4 rings (SSSR count). The van der Waals surface area contributed by atoms with Crippen molar-refractivity contribution in [3.05, 3.63) is 65.2 Å². The zero-order chi connectivity index (χ0) is 20.4. The van der Waals surface area contributed by atoms with Crippen molar-refractivity contribution in [3.8, 4) is 0 Å². The summed E-state index contributed by atoms with van der Waals surface area (Å²) < 4.78 is 0. The number of nitrogens with zero attached hydrogens (tertiary/aromatic N) is 1. The van der Waals surface area contributed by atoms with Crippen molar-refractivity contribution in [1.82, 2.24) is 0 Å². The van der Waals surface area contributed by atoms with Gasteiger partial charge in [0.2, 0.25) is 5.91 Å². The molecule has 0 saturated carbocycles. The molecule has 148 valence electrons. The topological polar surface area (TPSA) is 49.4 Å². The lowest BCUT2D eigenvalue weighted by Gasteiger charge is -2.17. The van der Waals surface area contributed by atoms with Gasteiger partial charge in [-0.2, -0.15) is 0 Å². The smallest absolute Gasteiger partial charge is 0.258 e. The number of unbranched alkanes of at least 4 members (excludes halogenated alkanes) is 1. The highest BCUT2D eigenvalue weighted by atomic mass is 35.5. The minimum Gasteiger partial charge on any atom is -0.325 e. The molecule has 1 heterocycles. The van der Waals surface area contributed by atoms with Gasteiger partial charge in [0.05, 0.1) is 11.4 Å². The number of hydrogen-bond donors (Lipinski definition) is 1. The van der Waals surface area contributed by atoms with E-state index in [9.17, 15) is 9.59 Å². The van der Waals surface area contributed by atoms with Crippen molar-refractivity contribution in [1.29, 1.82) is 0 Å². The van der Waals surface area contributed by atoms with Crippen molar-refractivity contribution in [2.45, 2.75) is 24.7 Å². The summed E-state index contributed by atoms with van der Waals surface area (Å²) >= 11 is 7.36. The number of amides is 2. The van der Waals surface area contributed by atoms with E-state index in [2.05, 4.69) is 12.2 Å². The van der Waals surface area contributed by atoms with Crippen LogP contribution in [0.5, 0.6) is 0 Å². The van der Waals surface area contributed by atoms with Gasteiger partial charge >= 0.3 is 0 Å². The lowest BCUT2D eigenvalue weighted by atomic mass is 10.0. The normalized spacial score (nSPS) is 12.6. The molecule has 3 aromatic carbocycles. The second-order valence-corrected chi connectivity index (χ2v) is 8.45. The molecule has 0 fully saturated rings. The van der Waals surface area contributed by atoms with E-state index in [4.69, 9.17) is 11.6 Å². The van der Waals surface area contributed by atoms with Crippen LogP contribution in [0.25, 0.3) is 10.8 Å². The average Bonchev–Trinajstić information content (AvgIpc) is 3.01. The Bertz CT molecular complexity index is 1080. The average molecular weight is 425 g/mol. The Balaban J connectivity index is 1.55. The van der Waals surface area contributed by atoms with Crippen LogP contribution in [-0.2, 0) is 4.79 Å². The number of halogens is 1. The largest absolute Gasteiger partial charge is 0.325 e. The summed E-state index contributed by atoms with van der Waals surface area (Å²) in [6.45, 7) is 2.83. The molecule has 2 amide bonds. The van der Waals surface area contributed by atoms with Gasteiger partial charge in [0.1, 0.15) is 0 Å². The van der Waals surface area contributed by atoms with Gasteiger partial charge in [-0.3, -0.25) is 9.59 Å². The molecule has 3 aromatic rings. The van der Waals surface area contributed by atoms with Crippen LogP contribution >= 0.6 is 23.4 Å². The third-order valence-corrected chi connectivity index (χ3v) is 6.24. The van der Waals surface area contributed by atoms with Gasteiger partial charge in [0.25, 0.3) is 5.91 Å². The van der Waals surface area contributed by atoms with Gasteiger partial charge in [-0.1, -0.05) is 37.1 Å². The third kappa shape index (κ3) is 3.98. The molecule has 4 nitrogen and oxygen atoms in total. The first kappa shape index (κ1) is 19.8. The highest BCUT2D eigenvalue weighted by molar-refractivity contribution is 8.00. The van der Waals surface area contributed by atoms with E-state index in [0.29, 0.717) is 22.9 Å². The van der Waals surface area contributed by atoms with E-state index >= 15 is 0 Å². The van der Waals surface area contributed by atoms with Gasteiger partial charge < -0.3 is 10.2 Å². The molecule has 29 heavy (non-hydrogen) atoms. The number of carbonyl (C=O) groups excluding carboxylic acids is 2. The lowest BCUT2D eigenvalue weighted by Crippen LogP contribution is -2.27. The number of rotatable bonds is 7. The van der Waals surface area contributed by atoms with Crippen LogP contribution in [0.2, 0.25) is 5.02 Å². The molecular formula is C23H21ClN2O2S. The van der Waals surface area contributed by atoms with Crippen LogP contribution in [0.1, 0.15) is 30.1 Å². The van der Waals surface area contributed by atoms with E-state index in [1.54, 1.807) is 0 Å². The van der Waals surface area contributed by atoms with Crippen LogP contribution in [-0.4, -0.2) is 24.1 Å². The molecule has 0 aromatic heterocycles. The number of thioether (sulfide) groups is 1.